The zero-order valence-corrected chi connectivity index (χ0v) is 19.5. The van der Waals surface area contributed by atoms with Crippen molar-refractivity contribution < 1.29 is 14.3 Å². The van der Waals surface area contributed by atoms with Gasteiger partial charge in [-0.2, -0.15) is 0 Å². The van der Waals surface area contributed by atoms with Crippen molar-refractivity contribution in [1.82, 2.24) is 10.6 Å². The number of ether oxygens (including phenoxy) is 2. The maximum absolute atomic E-state index is 13.1. The molecule has 2 N–H and O–H groups in total. The Labute approximate surface area is 182 Å². The Morgan fingerprint density at radius 1 is 1.23 bits per heavy atom. The summed E-state index contributed by atoms with van der Waals surface area (Å²) >= 11 is 0. The average molecular weight is 417 g/mol. The Balaban J connectivity index is 1.74. The summed E-state index contributed by atoms with van der Waals surface area (Å²) in [6.07, 6.45) is 4.83. The first-order chi connectivity index (χ1) is 14.1. The minimum atomic E-state index is -0.359. The van der Waals surface area contributed by atoms with Crippen LogP contribution in [0.2, 0.25) is 0 Å². The number of nitrogens with one attached hydrogen (secondary N) is 2. The van der Waals surface area contributed by atoms with E-state index in [0.29, 0.717) is 0 Å². The minimum absolute atomic E-state index is 0.0142. The first kappa shape index (κ1) is 23.2. The van der Waals surface area contributed by atoms with E-state index in [0.717, 1.165) is 32.1 Å². The standard InChI is InChI=1S/C25H40N2O3/c1-24(2,3)27-23(28)20-13-12-19(29-6)15-18(20)16-22-21(26-25(4,5)30-22)14-17-10-8-7-9-11-17/h7-11,18-22,26H,12-16H2,1-6H3,(H,27,28). The molecule has 1 aliphatic carbocycles. The Morgan fingerprint density at radius 2 is 1.93 bits per heavy atom. The number of benzene rings is 1. The summed E-state index contributed by atoms with van der Waals surface area (Å²) < 4.78 is 12.1. The molecule has 1 amide bonds. The van der Waals surface area contributed by atoms with Crippen molar-refractivity contribution in [2.75, 3.05) is 7.11 Å². The number of carbonyl (C=O) groups excluding carboxylic acids is 1. The molecule has 2 fully saturated rings. The van der Waals surface area contributed by atoms with Crippen molar-refractivity contribution in [3.63, 3.8) is 0 Å². The first-order valence-electron chi connectivity index (χ1n) is 11.4. The Morgan fingerprint density at radius 3 is 2.57 bits per heavy atom. The van der Waals surface area contributed by atoms with Crippen LogP contribution >= 0.6 is 0 Å². The van der Waals surface area contributed by atoms with Crippen LogP contribution in [0.15, 0.2) is 30.3 Å². The summed E-state index contributed by atoms with van der Waals surface area (Å²) in [5.74, 6) is 0.442. The molecule has 0 radical (unpaired) electrons. The lowest BCUT2D eigenvalue weighted by Gasteiger charge is -2.38. The van der Waals surface area contributed by atoms with Gasteiger partial charge in [0.15, 0.2) is 0 Å². The second kappa shape index (κ2) is 9.37. The molecular formula is C25H40N2O3. The van der Waals surface area contributed by atoms with Crippen LogP contribution in [-0.2, 0) is 20.7 Å². The van der Waals surface area contributed by atoms with Crippen LogP contribution in [0.3, 0.4) is 0 Å². The monoisotopic (exact) mass is 416 g/mol. The van der Waals surface area contributed by atoms with Gasteiger partial charge in [-0.05, 0) is 78.2 Å². The fraction of sp³-hybridized carbons (Fsp3) is 0.720. The highest BCUT2D eigenvalue weighted by Crippen LogP contribution is 2.38. The SMILES string of the molecule is COC1CCC(C(=O)NC(C)(C)C)C(CC2OC(C)(C)NC2Cc2ccccc2)C1. The minimum Gasteiger partial charge on any atom is -0.381 e. The smallest absolute Gasteiger partial charge is 0.223 e. The highest BCUT2D eigenvalue weighted by Gasteiger charge is 2.44. The Hall–Kier alpha value is -1.43. The van der Waals surface area contributed by atoms with Gasteiger partial charge in [0.05, 0.1) is 12.2 Å². The third-order valence-electron chi connectivity index (χ3n) is 6.36. The summed E-state index contributed by atoms with van der Waals surface area (Å²) in [5, 5.41) is 6.88. The molecule has 1 aliphatic heterocycles. The average Bonchev–Trinajstić information content (AvgIpc) is 2.94. The quantitative estimate of drug-likeness (QED) is 0.734. The lowest BCUT2D eigenvalue weighted by Crippen LogP contribution is -2.48. The molecule has 30 heavy (non-hydrogen) atoms. The number of carbonyl (C=O) groups is 1. The molecule has 0 bridgehead atoms. The second-order valence-corrected chi connectivity index (χ2v) is 10.6. The molecule has 1 aromatic carbocycles. The third-order valence-corrected chi connectivity index (χ3v) is 6.36. The fourth-order valence-electron chi connectivity index (χ4n) is 5.10. The normalized spacial score (nSPS) is 31.5. The number of amides is 1. The Bertz CT molecular complexity index is 698. The van der Waals surface area contributed by atoms with Gasteiger partial charge >= 0.3 is 0 Å². The summed E-state index contributed by atoms with van der Waals surface area (Å²) in [6, 6.07) is 10.8. The van der Waals surface area contributed by atoms with Crippen LogP contribution in [0.1, 0.15) is 65.9 Å². The van der Waals surface area contributed by atoms with E-state index >= 15 is 0 Å². The molecule has 0 aromatic heterocycles. The van der Waals surface area contributed by atoms with Crippen molar-refractivity contribution >= 4 is 5.91 Å². The van der Waals surface area contributed by atoms with E-state index < -0.39 is 0 Å². The molecule has 2 aliphatic rings. The van der Waals surface area contributed by atoms with Crippen molar-refractivity contribution in [3.05, 3.63) is 35.9 Å². The van der Waals surface area contributed by atoms with Crippen LogP contribution in [0.4, 0.5) is 0 Å². The number of hydrogen-bond donors (Lipinski definition) is 2. The molecule has 168 valence electrons. The van der Waals surface area contributed by atoms with Gasteiger partial charge in [-0.25, -0.2) is 0 Å². The number of hydrogen-bond acceptors (Lipinski definition) is 4. The Kier molecular flexibility index (Phi) is 7.26. The molecule has 3 rings (SSSR count). The third kappa shape index (κ3) is 6.29. The predicted octanol–water partition coefficient (Wildman–Crippen LogP) is 4.06. The van der Waals surface area contributed by atoms with E-state index in [9.17, 15) is 4.79 Å². The lowest BCUT2D eigenvalue weighted by atomic mass is 9.73. The topological polar surface area (TPSA) is 59.6 Å². The van der Waals surface area contributed by atoms with E-state index in [4.69, 9.17) is 9.47 Å². The lowest BCUT2D eigenvalue weighted by molar-refractivity contribution is -0.132. The van der Waals surface area contributed by atoms with E-state index in [-0.39, 0.29) is 47.3 Å². The summed E-state index contributed by atoms with van der Waals surface area (Å²) in [5.41, 5.74) is 0.729. The first-order valence-corrected chi connectivity index (χ1v) is 11.4. The van der Waals surface area contributed by atoms with Gasteiger partial charge in [0.1, 0.15) is 5.72 Å². The van der Waals surface area contributed by atoms with Gasteiger partial charge in [0.25, 0.3) is 0 Å². The van der Waals surface area contributed by atoms with Crippen molar-refractivity contribution in [2.24, 2.45) is 11.8 Å². The summed E-state index contributed by atoms with van der Waals surface area (Å²) in [4.78, 5) is 13.1. The van der Waals surface area contributed by atoms with Gasteiger partial charge in [0.2, 0.25) is 5.91 Å². The zero-order chi connectivity index (χ0) is 21.9. The number of rotatable bonds is 6. The fourth-order valence-corrected chi connectivity index (χ4v) is 5.10. The molecule has 1 aromatic rings. The van der Waals surface area contributed by atoms with Crippen LogP contribution in [0.25, 0.3) is 0 Å². The predicted molar refractivity (Wildman–Crippen MR) is 120 cm³/mol. The van der Waals surface area contributed by atoms with Crippen molar-refractivity contribution in [1.29, 1.82) is 0 Å². The molecule has 0 spiro atoms. The molecule has 1 saturated heterocycles. The van der Waals surface area contributed by atoms with Crippen LogP contribution in [0.5, 0.6) is 0 Å². The van der Waals surface area contributed by atoms with Gasteiger partial charge in [-0.3, -0.25) is 10.1 Å². The summed E-state index contributed by atoms with van der Waals surface area (Å²) in [7, 11) is 1.78. The van der Waals surface area contributed by atoms with Crippen molar-refractivity contribution in [3.8, 4) is 0 Å². The van der Waals surface area contributed by atoms with E-state index in [1.54, 1.807) is 7.11 Å². The molecule has 5 nitrogen and oxygen atoms in total. The van der Waals surface area contributed by atoms with E-state index in [1.165, 1.54) is 5.56 Å². The van der Waals surface area contributed by atoms with Crippen LogP contribution in [-0.4, -0.2) is 42.5 Å². The van der Waals surface area contributed by atoms with Gasteiger partial charge in [-0.1, -0.05) is 30.3 Å². The zero-order valence-electron chi connectivity index (χ0n) is 19.5. The second-order valence-electron chi connectivity index (χ2n) is 10.6. The molecular weight excluding hydrogens is 376 g/mol. The maximum Gasteiger partial charge on any atom is 0.223 e. The maximum atomic E-state index is 13.1. The van der Waals surface area contributed by atoms with E-state index in [1.807, 2.05) is 20.8 Å². The molecule has 5 atom stereocenters. The van der Waals surface area contributed by atoms with Gasteiger partial charge < -0.3 is 14.8 Å². The highest BCUT2D eigenvalue weighted by molar-refractivity contribution is 5.79. The van der Waals surface area contributed by atoms with Crippen LogP contribution in [0, 0.1) is 11.8 Å². The van der Waals surface area contributed by atoms with Gasteiger partial charge in [-0.15, -0.1) is 0 Å². The summed E-state index contributed by atoms with van der Waals surface area (Å²) in [6.45, 7) is 10.3. The van der Waals surface area contributed by atoms with Crippen molar-refractivity contribution in [2.45, 2.75) is 96.2 Å². The molecule has 1 saturated carbocycles. The van der Waals surface area contributed by atoms with Gasteiger partial charge in [0, 0.05) is 24.6 Å². The molecule has 1 heterocycles. The highest BCUT2D eigenvalue weighted by atomic mass is 16.5. The molecule has 5 unspecified atom stereocenters. The largest absolute Gasteiger partial charge is 0.381 e. The van der Waals surface area contributed by atoms with Crippen LogP contribution < -0.4 is 10.6 Å². The number of methoxy groups -OCH3 is 1. The molecule has 5 heteroatoms. The van der Waals surface area contributed by atoms with E-state index in [2.05, 4.69) is 54.8 Å².